The number of anilines is 1. The zero-order chi connectivity index (χ0) is 19.7. The van der Waals surface area contributed by atoms with Crippen molar-refractivity contribution >= 4 is 23.2 Å². The van der Waals surface area contributed by atoms with Crippen LogP contribution in [0.3, 0.4) is 0 Å². The van der Waals surface area contributed by atoms with Crippen molar-refractivity contribution in [1.29, 1.82) is 0 Å². The zero-order valence-electron chi connectivity index (χ0n) is 15.8. The van der Waals surface area contributed by atoms with E-state index in [1.807, 2.05) is 7.05 Å². The van der Waals surface area contributed by atoms with E-state index in [2.05, 4.69) is 22.1 Å². The molecule has 27 heavy (non-hydrogen) atoms. The first-order valence-corrected chi connectivity index (χ1v) is 9.56. The van der Waals surface area contributed by atoms with Gasteiger partial charge >= 0.3 is 0 Å². The topological polar surface area (TPSA) is 87.8 Å². The number of piperidine rings is 1. The van der Waals surface area contributed by atoms with Gasteiger partial charge in [-0.15, -0.1) is 5.92 Å². The van der Waals surface area contributed by atoms with Gasteiger partial charge in [0, 0.05) is 24.2 Å². The number of nitrogen functional groups attached to an aromatic ring is 1. The third kappa shape index (κ3) is 4.16. The maximum Gasteiger partial charge on any atom is 0.255 e. The molecule has 2 saturated heterocycles. The van der Waals surface area contributed by atoms with E-state index in [1.54, 1.807) is 19.9 Å². The first-order chi connectivity index (χ1) is 12.8. The van der Waals surface area contributed by atoms with Crippen molar-refractivity contribution in [2.45, 2.75) is 63.4 Å². The molecule has 5 atom stereocenters. The highest BCUT2D eigenvalue weighted by Crippen LogP contribution is 2.35. The quantitative estimate of drug-likeness (QED) is 0.540. The Morgan fingerprint density at radius 1 is 1.44 bits per heavy atom. The number of aliphatic hydroxyl groups is 1. The molecule has 6 nitrogen and oxygen atoms in total. The third-order valence-electron chi connectivity index (χ3n) is 5.47. The van der Waals surface area contributed by atoms with E-state index < -0.39 is 0 Å². The Kier molecular flexibility index (Phi) is 5.85. The fourth-order valence-electron chi connectivity index (χ4n) is 4.09. The van der Waals surface area contributed by atoms with Crippen LogP contribution in [0.25, 0.3) is 0 Å². The molecule has 1 aromatic rings. The van der Waals surface area contributed by atoms with Gasteiger partial charge in [-0.25, -0.2) is 0 Å². The summed E-state index contributed by atoms with van der Waals surface area (Å²) in [5.74, 6) is 5.79. The van der Waals surface area contributed by atoms with E-state index in [0.717, 1.165) is 19.3 Å². The van der Waals surface area contributed by atoms with Crippen LogP contribution in [0, 0.1) is 11.8 Å². The number of ether oxygens (including phenoxy) is 1. The van der Waals surface area contributed by atoms with E-state index >= 15 is 0 Å². The van der Waals surface area contributed by atoms with Gasteiger partial charge in [-0.1, -0.05) is 17.5 Å². The second-order valence-corrected chi connectivity index (χ2v) is 7.76. The summed E-state index contributed by atoms with van der Waals surface area (Å²) < 4.78 is 5.80. The zero-order valence-corrected chi connectivity index (χ0v) is 16.6. The minimum absolute atomic E-state index is 0.00196. The van der Waals surface area contributed by atoms with Crippen LogP contribution in [-0.2, 0) is 0 Å². The van der Waals surface area contributed by atoms with Crippen LogP contribution in [0.4, 0.5) is 5.69 Å². The molecule has 1 amide bonds. The number of likely N-dealkylation sites (N-methyl/N-ethyl adjacent to an activating group) is 1. The standard InChI is InChI=1S/C20H26ClN3O3/c1-4-5-11(2)27-19-10-16(22)15(21)9-14(19)20(26)23-12-6-13-8-18(25)17(7-12)24(13)3/h9-13,17-18,25H,6-8,22H2,1-3H3,(H,23,26)/t11-,12?,13?,17?,18-/m0/s1. The molecule has 2 bridgehead atoms. The van der Waals surface area contributed by atoms with Crippen molar-refractivity contribution in [1.82, 2.24) is 10.2 Å². The molecular weight excluding hydrogens is 366 g/mol. The predicted molar refractivity (Wildman–Crippen MR) is 106 cm³/mol. The van der Waals surface area contributed by atoms with Gasteiger partial charge in [0.15, 0.2) is 6.10 Å². The van der Waals surface area contributed by atoms with Crippen LogP contribution in [0.2, 0.25) is 5.02 Å². The summed E-state index contributed by atoms with van der Waals surface area (Å²) >= 11 is 6.14. The van der Waals surface area contributed by atoms with Gasteiger partial charge < -0.3 is 20.9 Å². The largest absolute Gasteiger partial charge is 0.477 e. The summed E-state index contributed by atoms with van der Waals surface area (Å²) in [4.78, 5) is 15.1. The lowest BCUT2D eigenvalue weighted by atomic mass is 9.97. The molecule has 4 N–H and O–H groups in total. The summed E-state index contributed by atoms with van der Waals surface area (Å²) in [6.07, 6.45) is 1.57. The molecular formula is C20H26ClN3O3. The highest BCUT2D eigenvalue weighted by molar-refractivity contribution is 6.33. The number of nitrogens with two attached hydrogens (primary N) is 1. The van der Waals surface area contributed by atoms with Gasteiger partial charge in [-0.05, 0) is 46.2 Å². The second kappa shape index (κ2) is 7.97. The lowest BCUT2D eigenvalue weighted by Crippen LogP contribution is -2.50. The molecule has 1 aromatic carbocycles. The van der Waals surface area contributed by atoms with Crippen LogP contribution < -0.4 is 15.8 Å². The highest BCUT2D eigenvalue weighted by Gasteiger charge is 2.44. The van der Waals surface area contributed by atoms with Crippen LogP contribution in [0.5, 0.6) is 5.75 Å². The minimum atomic E-state index is -0.378. The Labute approximate surface area is 165 Å². The van der Waals surface area contributed by atoms with Gasteiger partial charge in [0.25, 0.3) is 5.91 Å². The fourth-order valence-corrected chi connectivity index (χ4v) is 4.26. The smallest absolute Gasteiger partial charge is 0.255 e. The number of nitrogens with one attached hydrogen (secondary N) is 1. The molecule has 7 heteroatoms. The number of fused-ring (bicyclic) bond motifs is 2. The van der Waals surface area contributed by atoms with Crippen LogP contribution in [-0.4, -0.2) is 53.3 Å². The van der Waals surface area contributed by atoms with Crippen molar-refractivity contribution in [2.24, 2.45) is 0 Å². The molecule has 0 aromatic heterocycles. The number of nitrogens with zero attached hydrogens (tertiary/aromatic N) is 1. The summed E-state index contributed by atoms with van der Waals surface area (Å²) in [7, 11) is 2.03. The Balaban J connectivity index is 1.78. The molecule has 0 saturated carbocycles. The van der Waals surface area contributed by atoms with Gasteiger partial charge in [0.2, 0.25) is 0 Å². The first-order valence-electron chi connectivity index (χ1n) is 9.19. The minimum Gasteiger partial charge on any atom is -0.477 e. The van der Waals surface area contributed by atoms with E-state index in [-0.39, 0.29) is 36.2 Å². The molecule has 3 unspecified atom stereocenters. The van der Waals surface area contributed by atoms with Gasteiger partial charge in [-0.3, -0.25) is 9.69 Å². The van der Waals surface area contributed by atoms with Gasteiger partial charge in [-0.2, -0.15) is 0 Å². The monoisotopic (exact) mass is 391 g/mol. The number of amides is 1. The van der Waals surface area contributed by atoms with E-state index in [4.69, 9.17) is 22.1 Å². The number of carbonyl (C=O) groups excluding carboxylic acids is 1. The van der Waals surface area contributed by atoms with Gasteiger partial charge in [0.05, 0.1) is 22.4 Å². The molecule has 2 aliphatic heterocycles. The molecule has 0 spiro atoms. The van der Waals surface area contributed by atoms with Crippen LogP contribution in [0.15, 0.2) is 12.1 Å². The SMILES string of the molecule is CC#C[C@H](C)Oc1cc(N)c(Cl)cc1C(=O)NC1CC2C[C@H](O)C(C1)N2C. The van der Waals surface area contributed by atoms with Crippen LogP contribution >= 0.6 is 11.6 Å². The number of benzene rings is 1. The highest BCUT2D eigenvalue weighted by atomic mass is 35.5. The van der Waals surface area contributed by atoms with Crippen molar-refractivity contribution < 1.29 is 14.6 Å². The Hall–Kier alpha value is -1.94. The fraction of sp³-hybridized carbons (Fsp3) is 0.550. The Morgan fingerprint density at radius 2 is 2.19 bits per heavy atom. The number of hydrogen-bond donors (Lipinski definition) is 3. The molecule has 3 rings (SSSR count). The Morgan fingerprint density at radius 3 is 2.85 bits per heavy atom. The summed E-state index contributed by atoms with van der Waals surface area (Å²) in [6.45, 7) is 3.53. The molecule has 0 radical (unpaired) electrons. The average molecular weight is 392 g/mol. The number of rotatable bonds is 4. The maximum atomic E-state index is 12.9. The van der Waals surface area contributed by atoms with E-state index in [1.165, 1.54) is 6.07 Å². The number of hydrogen-bond acceptors (Lipinski definition) is 5. The van der Waals surface area contributed by atoms with Crippen LogP contribution in [0.1, 0.15) is 43.5 Å². The van der Waals surface area contributed by atoms with Crippen molar-refractivity contribution in [3.05, 3.63) is 22.7 Å². The van der Waals surface area contributed by atoms with Crippen molar-refractivity contribution in [2.75, 3.05) is 12.8 Å². The molecule has 2 aliphatic rings. The number of aliphatic hydroxyl groups excluding tert-OH is 1. The van der Waals surface area contributed by atoms with E-state index in [0.29, 0.717) is 22.0 Å². The first kappa shape index (κ1) is 19.8. The normalized spacial score (nSPS) is 28.2. The molecule has 2 heterocycles. The predicted octanol–water partition coefficient (Wildman–Crippen LogP) is 2.04. The average Bonchev–Trinajstić information content (AvgIpc) is 2.76. The van der Waals surface area contributed by atoms with E-state index in [9.17, 15) is 9.90 Å². The summed E-state index contributed by atoms with van der Waals surface area (Å²) in [5, 5.41) is 13.6. The molecule has 2 fully saturated rings. The summed E-state index contributed by atoms with van der Waals surface area (Å²) in [5.41, 5.74) is 6.57. The van der Waals surface area contributed by atoms with Crippen molar-refractivity contribution in [3.8, 4) is 17.6 Å². The number of carbonyl (C=O) groups is 1. The molecule has 146 valence electrons. The summed E-state index contributed by atoms with van der Waals surface area (Å²) in [6, 6.07) is 3.46. The molecule has 0 aliphatic carbocycles. The lowest BCUT2D eigenvalue weighted by molar-refractivity contribution is 0.0770. The third-order valence-corrected chi connectivity index (χ3v) is 5.80. The lowest BCUT2D eigenvalue weighted by Gasteiger charge is -2.36. The maximum absolute atomic E-state index is 12.9. The Bertz CT molecular complexity index is 789. The van der Waals surface area contributed by atoms with Crippen molar-refractivity contribution in [3.63, 3.8) is 0 Å². The second-order valence-electron chi connectivity index (χ2n) is 7.36. The number of halogens is 1. The van der Waals surface area contributed by atoms with Gasteiger partial charge in [0.1, 0.15) is 5.75 Å².